The molecule has 4 heteroatoms. The summed E-state index contributed by atoms with van der Waals surface area (Å²) in [5.74, 6) is 0. The van der Waals surface area contributed by atoms with E-state index in [1.165, 1.54) is 0 Å². The van der Waals surface area contributed by atoms with Gasteiger partial charge in [-0.05, 0) is 32.0 Å². The lowest BCUT2D eigenvalue weighted by atomic mass is 10.1. The van der Waals surface area contributed by atoms with Gasteiger partial charge in [-0.2, -0.15) is 0 Å². The minimum atomic E-state index is 0.0526. The fourth-order valence-electron chi connectivity index (χ4n) is 1.93. The van der Waals surface area contributed by atoms with Gasteiger partial charge in [-0.25, -0.2) is 0 Å². The van der Waals surface area contributed by atoms with E-state index < -0.39 is 0 Å². The summed E-state index contributed by atoms with van der Waals surface area (Å²) in [4.78, 5) is 12.1. The van der Waals surface area contributed by atoms with E-state index >= 15 is 0 Å². The van der Waals surface area contributed by atoms with Crippen LogP contribution in [0.25, 0.3) is 11.3 Å². The molecule has 0 unspecified atom stereocenters. The zero-order valence-electron chi connectivity index (χ0n) is 10.2. The van der Waals surface area contributed by atoms with Crippen LogP contribution in [0.15, 0.2) is 39.6 Å². The van der Waals surface area contributed by atoms with Gasteiger partial charge in [-0.15, -0.1) is 0 Å². The highest BCUT2D eigenvalue weighted by atomic mass is 79.9. The van der Waals surface area contributed by atoms with Crippen molar-refractivity contribution in [2.75, 3.05) is 0 Å². The van der Waals surface area contributed by atoms with E-state index in [9.17, 15) is 4.79 Å². The molecule has 0 aliphatic rings. The van der Waals surface area contributed by atoms with E-state index in [2.05, 4.69) is 15.9 Å². The van der Waals surface area contributed by atoms with Gasteiger partial charge in [0.1, 0.15) is 0 Å². The minimum absolute atomic E-state index is 0.0526. The molecular weight excluding hydrogens is 314 g/mol. The van der Waals surface area contributed by atoms with Crippen LogP contribution in [0.5, 0.6) is 0 Å². The van der Waals surface area contributed by atoms with E-state index in [1.54, 1.807) is 4.57 Å². The number of pyridine rings is 1. The Balaban J connectivity index is 2.71. The van der Waals surface area contributed by atoms with E-state index in [4.69, 9.17) is 11.6 Å². The standard InChI is InChI=1S/C14H13BrClNO/c1-3-17-13(7-4-9(2)14(17)18)11-6-5-10(16)8-12(11)15/h4-8H,3H2,1-2H3. The van der Waals surface area contributed by atoms with Crippen molar-refractivity contribution in [2.24, 2.45) is 0 Å². The van der Waals surface area contributed by atoms with Gasteiger partial charge in [0.25, 0.3) is 5.56 Å². The van der Waals surface area contributed by atoms with Crippen LogP contribution in [0.3, 0.4) is 0 Å². The predicted molar refractivity (Wildman–Crippen MR) is 79.3 cm³/mol. The van der Waals surface area contributed by atoms with Crippen LogP contribution in [0.4, 0.5) is 0 Å². The Hall–Kier alpha value is -1.06. The minimum Gasteiger partial charge on any atom is -0.308 e. The monoisotopic (exact) mass is 325 g/mol. The first-order chi connectivity index (χ1) is 8.54. The average molecular weight is 327 g/mol. The van der Waals surface area contributed by atoms with Crippen molar-refractivity contribution in [3.8, 4) is 11.3 Å². The number of aromatic nitrogens is 1. The van der Waals surface area contributed by atoms with E-state index in [0.717, 1.165) is 21.3 Å². The second-order valence-corrected chi connectivity index (χ2v) is 5.37. The highest BCUT2D eigenvalue weighted by molar-refractivity contribution is 9.10. The lowest BCUT2D eigenvalue weighted by Crippen LogP contribution is -2.22. The van der Waals surface area contributed by atoms with Crippen LogP contribution in [0.2, 0.25) is 5.02 Å². The highest BCUT2D eigenvalue weighted by Gasteiger charge is 2.10. The van der Waals surface area contributed by atoms with Crippen LogP contribution in [-0.2, 0) is 6.54 Å². The number of nitrogens with zero attached hydrogens (tertiary/aromatic N) is 1. The zero-order chi connectivity index (χ0) is 13.3. The molecular formula is C14H13BrClNO. The lowest BCUT2D eigenvalue weighted by molar-refractivity contribution is 0.729. The molecule has 0 amide bonds. The number of halogens is 2. The fourth-order valence-corrected chi connectivity index (χ4v) is 2.82. The Labute approximate surface area is 119 Å². The summed E-state index contributed by atoms with van der Waals surface area (Å²) in [5.41, 5.74) is 2.68. The molecule has 0 spiro atoms. The summed E-state index contributed by atoms with van der Waals surface area (Å²) in [5, 5.41) is 0.670. The molecule has 0 aliphatic heterocycles. The number of rotatable bonds is 2. The molecule has 2 rings (SSSR count). The molecule has 18 heavy (non-hydrogen) atoms. The Morgan fingerprint density at radius 2 is 2.00 bits per heavy atom. The quantitative estimate of drug-likeness (QED) is 0.808. The van der Waals surface area contributed by atoms with Gasteiger partial charge in [0.05, 0.1) is 5.69 Å². The topological polar surface area (TPSA) is 22.0 Å². The number of benzene rings is 1. The third kappa shape index (κ3) is 2.38. The molecule has 2 aromatic rings. The second kappa shape index (κ2) is 5.29. The molecule has 94 valence electrons. The van der Waals surface area contributed by atoms with E-state index in [0.29, 0.717) is 11.6 Å². The van der Waals surface area contributed by atoms with Gasteiger partial charge in [-0.1, -0.05) is 39.7 Å². The lowest BCUT2D eigenvalue weighted by Gasteiger charge is -2.13. The summed E-state index contributed by atoms with van der Waals surface area (Å²) in [7, 11) is 0. The molecule has 0 aliphatic carbocycles. The summed E-state index contributed by atoms with van der Waals surface area (Å²) in [6.45, 7) is 4.44. The fraction of sp³-hybridized carbons (Fsp3) is 0.214. The first-order valence-corrected chi connectivity index (χ1v) is 6.87. The Kier molecular flexibility index (Phi) is 3.93. The number of hydrogen-bond donors (Lipinski definition) is 0. The van der Waals surface area contributed by atoms with Crippen molar-refractivity contribution in [1.29, 1.82) is 0 Å². The predicted octanol–water partition coefficient (Wildman–Crippen LogP) is 4.26. The molecule has 1 heterocycles. The normalized spacial score (nSPS) is 10.7. The average Bonchev–Trinajstić information content (AvgIpc) is 2.33. The van der Waals surface area contributed by atoms with Gasteiger partial charge in [-0.3, -0.25) is 4.79 Å². The van der Waals surface area contributed by atoms with Gasteiger partial charge in [0.2, 0.25) is 0 Å². The maximum absolute atomic E-state index is 12.1. The van der Waals surface area contributed by atoms with E-state index in [-0.39, 0.29) is 5.56 Å². The zero-order valence-corrected chi connectivity index (χ0v) is 12.5. The molecule has 1 aromatic carbocycles. The molecule has 2 nitrogen and oxygen atoms in total. The van der Waals surface area contributed by atoms with Gasteiger partial charge in [0.15, 0.2) is 0 Å². The van der Waals surface area contributed by atoms with Crippen LogP contribution >= 0.6 is 27.5 Å². The van der Waals surface area contributed by atoms with Crippen LogP contribution in [0.1, 0.15) is 12.5 Å². The van der Waals surface area contributed by atoms with Gasteiger partial charge in [0, 0.05) is 27.2 Å². The molecule has 0 atom stereocenters. The molecule has 0 radical (unpaired) electrons. The van der Waals surface area contributed by atoms with Crippen molar-refractivity contribution in [3.63, 3.8) is 0 Å². The van der Waals surface area contributed by atoms with Crippen molar-refractivity contribution < 1.29 is 0 Å². The maximum Gasteiger partial charge on any atom is 0.253 e. The van der Waals surface area contributed by atoms with Crippen LogP contribution in [-0.4, -0.2) is 4.57 Å². The SMILES string of the molecule is CCn1c(-c2ccc(Cl)cc2Br)ccc(C)c1=O. The van der Waals surface area contributed by atoms with Gasteiger partial charge >= 0.3 is 0 Å². The Bertz CT molecular complexity index is 649. The molecule has 0 fully saturated rings. The summed E-state index contributed by atoms with van der Waals surface area (Å²) in [6.07, 6.45) is 0. The second-order valence-electron chi connectivity index (χ2n) is 4.08. The summed E-state index contributed by atoms with van der Waals surface area (Å²) < 4.78 is 2.66. The first kappa shape index (κ1) is 13.4. The molecule has 0 saturated heterocycles. The van der Waals surface area contributed by atoms with Crippen LogP contribution < -0.4 is 5.56 Å². The van der Waals surface area contributed by atoms with Gasteiger partial charge < -0.3 is 4.57 Å². The van der Waals surface area contributed by atoms with Crippen molar-refractivity contribution in [2.45, 2.75) is 20.4 Å². The molecule has 0 bridgehead atoms. The Morgan fingerprint density at radius 3 is 2.61 bits per heavy atom. The third-order valence-corrected chi connectivity index (χ3v) is 3.78. The first-order valence-electron chi connectivity index (χ1n) is 5.70. The molecule has 1 aromatic heterocycles. The smallest absolute Gasteiger partial charge is 0.253 e. The van der Waals surface area contributed by atoms with Crippen molar-refractivity contribution in [1.82, 2.24) is 4.57 Å². The number of hydrogen-bond acceptors (Lipinski definition) is 1. The summed E-state index contributed by atoms with van der Waals surface area (Å²) in [6, 6.07) is 9.40. The Morgan fingerprint density at radius 1 is 1.28 bits per heavy atom. The third-order valence-electron chi connectivity index (χ3n) is 2.89. The van der Waals surface area contributed by atoms with Crippen LogP contribution in [0, 0.1) is 6.92 Å². The summed E-state index contributed by atoms with van der Waals surface area (Å²) >= 11 is 9.43. The van der Waals surface area contributed by atoms with E-state index in [1.807, 2.05) is 44.2 Å². The molecule has 0 N–H and O–H groups in total. The highest BCUT2D eigenvalue weighted by Crippen LogP contribution is 2.30. The molecule has 0 saturated carbocycles. The van der Waals surface area contributed by atoms with Crippen molar-refractivity contribution in [3.05, 3.63) is 55.7 Å². The maximum atomic E-state index is 12.1. The number of aryl methyl sites for hydroxylation is 1. The largest absolute Gasteiger partial charge is 0.308 e. The van der Waals surface area contributed by atoms with Crippen molar-refractivity contribution >= 4 is 27.5 Å².